The lowest BCUT2D eigenvalue weighted by Crippen LogP contribution is -2.41. The van der Waals surface area contributed by atoms with E-state index in [0.717, 1.165) is 6.54 Å². The van der Waals surface area contributed by atoms with Crippen LogP contribution < -0.4 is 0 Å². The fourth-order valence-electron chi connectivity index (χ4n) is 0.979. The van der Waals surface area contributed by atoms with Gasteiger partial charge in [0, 0.05) is 12.6 Å². The maximum absolute atomic E-state index is 9.66. The molecule has 0 aliphatic heterocycles. The molecule has 2 heteroatoms. The molecule has 0 saturated heterocycles. The molecule has 0 aliphatic carbocycles. The van der Waals surface area contributed by atoms with Crippen molar-refractivity contribution in [1.29, 1.82) is 0 Å². The molecule has 0 bridgehead atoms. The predicted molar refractivity (Wildman–Crippen MR) is 52.2 cm³/mol. The summed E-state index contributed by atoms with van der Waals surface area (Å²) in [4.78, 5) is 0. The summed E-state index contributed by atoms with van der Waals surface area (Å²) in [5, 5.41) is 11.1. The molecule has 0 aromatic carbocycles. The van der Waals surface area contributed by atoms with Gasteiger partial charge in [-0.2, -0.15) is 5.06 Å². The average molecular weight is 173 g/mol. The van der Waals surface area contributed by atoms with E-state index in [0.29, 0.717) is 5.92 Å². The molecule has 0 rings (SSSR count). The van der Waals surface area contributed by atoms with Crippen molar-refractivity contribution in [3.05, 3.63) is 0 Å². The van der Waals surface area contributed by atoms with E-state index in [9.17, 15) is 5.21 Å². The Balaban J connectivity index is 4.01. The van der Waals surface area contributed by atoms with Gasteiger partial charge in [-0.1, -0.05) is 34.6 Å². The van der Waals surface area contributed by atoms with Crippen molar-refractivity contribution in [3.8, 4) is 0 Å². The molecule has 0 radical (unpaired) electrons. The molecule has 0 heterocycles. The zero-order chi connectivity index (χ0) is 9.94. The smallest absolute Gasteiger partial charge is 0.0370 e. The minimum atomic E-state index is 0.143. The first-order valence-corrected chi connectivity index (χ1v) is 4.70. The largest absolute Gasteiger partial charge is 0.314 e. The first kappa shape index (κ1) is 11.9. The molecule has 0 aromatic heterocycles. The lowest BCUT2D eigenvalue weighted by molar-refractivity contribution is -0.154. The molecule has 0 aromatic rings. The minimum Gasteiger partial charge on any atom is -0.314 e. The topological polar surface area (TPSA) is 23.5 Å². The Hall–Kier alpha value is -0.0800. The maximum atomic E-state index is 9.66. The van der Waals surface area contributed by atoms with E-state index >= 15 is 0 Å². The van der Waals surface area contributed by atoms with E-state index in [1.165, 1.54) is 5.06 Å². The first-order chi connectivity index (χ1) is 5.25. The fraction of sp³-hybridized carbons (Fsp3) is 1.00. The molecule has 0 fully saturated rings. The summed E-state index contributed by atoms with van der Waals surface area (Å²) in [5.41, 5.74) is 0.143. The Kier molecular flexibility index (Phi) is 4.21. The van der Waals surface area contributed by atoms with Crippen molar-refractivity contribution in [1.82, 2.24) is 5.06 Å². The van der Waals surface area contributed by atoms with Crippen LogP contribution in [0.4, 0.5) is 0 Å². The molecule has 0 saturated carbocycles. The Bertz CT molecular complexity index is 126. The summed E-state index contributed by atoms with van der Waals surface area (Å²) in [5.74, 6) is 0.514. The highest BCUT2D eigenvalue weighted by Gasteiger charge is 2.25. The molecule has 1 N–H and O–H groups in total. The second-order valence-electron chi connectivity index (χ2n) is 5.06. The van der Waals surface area contributed by atoms with Crippen LogP contribution in [0, 0.1) is 11.3 Å². The number of rotatable bonds is 3. The molecule has 74 valence electrons. The van der Waals surface area contributed by atoms with Crippen LogP contribution in [-0.2, 0) is 0 Å². The second-order valence-corrected chi connectivity index (χ2v) is 5.06. The summed E-state index contributed by atoms with van der Waals surface area (Å²) in [7, 11) is 0. The summed E-state index contributed by atoms with van der Waals surface area (Å²) >= 11 is 0. The van der Waals surface area contributed by atoms with Crippen molar-refractivity contribution in [3.63, 3.8) is 0 Å². The third-order valence-electron chi connectivity index (χ3n) is 2.25. The van der Waals surface area contributed by atoms with Crippen molar-refractivity contribution < 1.29 is 5.21 Å². The van der Waals surface area contributed by atoms with Gasteiger partial charge in [-0.05, 0) is 18.3 Å². The van der Waals surface area contributed by atoms with Gasteiger partial charge in [0.05, 0.1) is 0 Å². The van der Waals surface area contributed by atoms with Crippen LogP contribution in [0.5, 0.6) is 0 Å². The van der Waals surface area contributed by atoms with Crippen LogP contribution >= 0.6 is 0 Å². The van der Waals surface area contributed by atoms with Crippen LogP contribution in [0.1, 0.15) is 41.5 Å². The van der Waals surface area contributed by atoms with Crippen molar-refractivity contribution in [2.24, 2.45) is 11.3 Å². The van der Waals surface area contributed by atoms with Gasteiger partial charge in [0.1, 0.15) is 0 Å². The van der Waals surface area contributed by atoms with Crippen molar-refractivity contribution in [2.45, 2.75) is 47.6 Å². The van der Waals surface area contributed by atoms with Crippen LogP contribution in [-0.4, -0.2) is 22.9 Å². The highest BCUT2D eigenvalue weighted by molar-refractivity contribution is 4.75. The Morgan fingerprint density at radius 3 is 1.83 bits per heavy atom. The molecule has 0 amide bonds. The molecule has 12 heavy (non-hydrogen) atoms. The average Bonchev–Trinajstić information content (AvgIpc) is 1.82. The zero-order valence-electron chi connectivity index (χ0n) is 9.26. The molecular formula is C10H23NO. The fourth-order valence-corrected chi connectivity index (χ4v) is 0.979. The first-order valence-electron chi connectivity index (χ1n) is 4.70. The summed E-state index contributed by atoms with van der Waals surface area (Å²) in [6.45, 7) is 13.4. The van der Waals surface area contributed by atoms with E-state index in [1.54, 1.807) is 0 Å². The van der Waals surface area contributed by atoms with Crippen LogP contribution in [0.15, 0.2) is 0 Å². The third kappa shape index (κ3) is 4.07. The third-order valence-corrected chi connectivity index (χ3v) is 2.25. The van der Waals surface area contributed by atoms with E-state index in [1.807, 2.05) is 0 Å². The molecule has 1 atom stereocenters. The number of hydrogen-bond acceptors (Lipinski definition) is 2. The molecule has 2 nitrogen and oxygen atoms in total. The van der Waals surface area contributed by atoms with Gasteiger partial charge in [-0.3, -0.25) is 0 Å². The monoisotopic (exact) mass is 173 g/mol. The van der Waals surface area contributed by atoms with E-state index in [2.05, 4.69) is 41.5 Å². The quantitative estimate of drug-likeness (QED) is 0.663. The second kappa shape index (κ2) is 4.24. The summed E-state index contributed by atoms with van der Waals surface area (Å²) in [6.07, 6.45) is 0. The highest BCUT2D eigenvalue weighted by atomic mass is 16.5. The Morgan fingerprint density at radius 1 is 1.17 bits per heavy atom. The van der Waals surface area contributed by atoms with Crippen LogP contribution in [0.3, 0.4) is 0 Å². The van der Waals surface area contributed by atoms with Crippen molar-refractivity contribution in [2.75, 3.05) is 6.54 Å². The lowest BCUT2D eigenvalue weighted by Gasteiger charge is -2.34. The summed E-state index contributed by atoms with van der Waals surface area (Å²) in [6, 6.07) is 0.208. The number of hydroxylamine groups is 2. The molecule has 0 spiro atoms. The van der Waals surface area contributed by atoms with Gasteiger partial charge in [0.25, 0.3) is 0 Å². The van der Waals surface area contributed by atoms with Gasteiger partial charge in [0.2, 0.25) is 0 Å². The maximum Gasteiger partial charge on any atom is 0.0370 e. The van der Waals surface area contributed by atoms with Crippen LogP contribution in [0.25, 0.3) is 0 Å². The van der Waals surface area contributed by atoms with Gasteiger partial charge in [-0.15, -0.1) is 0 Å². The van der Waals surface area contributed by atoms with Crippen LogP contribution in [0.2, 0.25) is 0 Å². The minimum absolute atomic E-state index is 0.143. The molecule has 1 unspecified atom stereocenters. The molecular weight excluding hydrogens is 150 g/mol. The SMILES string of the molecule is CC(C)CN(O)C(C)C(C)(C)C. The zero-order valence-corrected chi connectivity index (χ0v) is 9.26. The number of hydrogen-bond donors (Lipinski definition) is 1. The highest BCUT2D eigenvalue weighted by Crippen LogP contribution is 2.23. The Morgan fingerprint density at radius 2 is 1.58 bits per heavy atom. The van der Waals surface area contributed by atoms with Crippen molar-refractivity contribution >= 4 is 0 Å². The van der Waals surface area contributed by atoms with Gasteiger partial charge in [0.15, 0.2) is 0 Å². The summed E-state index contributed by atoms with van der Waals surface area (Å²) < 4.78 is 0. The standard InChI is InChI=1S/C10H23NO/c1-8(2)7-11(12)9(3)10(4,5)6/h8-9,12H,7H2,1-6H3. The number of nitrogens with zero attached hydrogens (tertiary/aromatic N) is 1. The Labute approximate surface area is 76.5 Å². The van der Waals surface area contributed by atoms with E-state index < -0.39 is 0 Å². The van der Waals surface area contributed by atoms with E-state index in [4.69, 9.17) is 0 Å². The van der Waals surface area contributed by atoms with Gasteiger partial charge >= 0.3 is 0 Å². The molecule has 0 aliphatic rings. The van der Waals surface area contributed by atoms with Gasteiger partial charge < -0.3 is 5.21 Å². The van der Waals surface area contributed by atoms with E-state index in [-0.39, 0.29) is 11.5 Å². The lowest BCUT2D eigenvalue weighted by atomic mass is 9.87. The predicted octanol–water partition coefficient (Wildman–Crippen LogP) is 2.77. The normalized spacial score (nSPS) is 15.8. The van der Waals surface area contributed by atoms with Gasteiger partial charge in [-0.25, -0.2) is 0 Å².